The molecule has 1 amide bonds. The van der Waals surface area contributed by atoms with E-state index in [1.807, 2.05) is 4.57 Å². The van der Waals surface area contributed by atoms with Crippen LogP contribution in [0.1, 0.15) is 46.1 Å². The molecule has 162 valence electrons. The predicted molar refractivity (Wildman–Crippen MR) is 112 cm³/mol. The Balaban J connectivity index is 1.43. The minimum Gasteiger partial charge on any atom is -0.342 e. The lowest BCUT2D eigenvalue weighted by Gasteiger charge is -2.20. The number of carbonyl (C=O) groups is 1. The van der Waals surface area contributed by atoms with Crippen molar-refractivity contribution < 1.29 is 13.6 Å². The van der Waals surface area contributed by atoms with Crippen molar-refractivity contribution in [3.05, 3.63) is 82.4 Å². The SMILES string of the molecule is Cc1ccc(CN2CCc3nnc([C@H](C)NC(=O)c4cc(F)ccc4F)n3CC2)cc1. The van der Waals surface area contributed by atoms with Crippen LogP contribution < -0.4 is 5.32 Å². The van der Waals surface area contributed by atoms with Crippen LogP contribution in [0.5, 0.6) is 0 Å². The van der Waals surface area contributed by atoms with Crippen LogP contribution in [-0.4, -0.2) is 38.7 Å². The van der Waals surface area contributed by atoms with E-state index in [1.54, 1.807) is 6.92 Å². The molecule has 8 heteroatoms. The lowest BCUT2D eigenvalue weighted by molar-refractivity contribution is 0.0933. The van der Waals surface area contributed by atoms with Crippen LogP contribution in [0, 0.1) is 18.6 Å². The number of rotatable bonds is 5. The normalized spacial score (nSPS) is 15.2. The zero-order chi connectivity index (χ0) is 22.0. The maximum atomic E-state index is 13.9. The summed E-state index contributed by atoms with van der Waals surface area (Å²) >= 11 is 0. The van der Waals surface area contributed by atoms with E-state index in [0.717, 1.165) is 50.1 Å². The summed E-state index contributed by atoms with van der Waals surface area (Å²) in [6.45, 7) is 7.08. The molecule has 3 aromatic rings. The highest BCUT2D eigenvalue weighted by Crippen LogP contribution is 2.18. The summed E-state index contributed by atoms with van der Waals surface area (Å²) in [6.07, 6.45) is 0.748. The van der Waals surface area contributed by atoms with E-state index in [1.165, 1.54) is 11.1 Å². The molecule has 6 nitrogen and oxygen atoms in total. The van der Waals surface area contributed by atoms with Crippen molar-refractivity contribution in [2.75, 3.05) is 13.1 Å². The number of hydrogen-bond acceptors (Lipinski definition) is 4. The van der Waals surface area contributed by atoms with Crippen LogP contribution >= 0.6 is 0 Å². The molecule has 0 radical (unpaired) electrons. The first kappa shape index (κ1) is 21.1. The molecule has 1 aromatic heterocycles. The van der Waals surface area contributed by atoms with E-state index in [0.29, 0.717) is 12.4 Å². The molecule has 1 N–H and O–H groups in total. The van der Waals surface area contributed by atoms with Crippen molar-refractivity contribution >= 4 is 5.91 Å². The second-order valence-corrected chi connectivity index (χ2v) is 7.96. The van der Waals surface area contributed by atoms with E-state index in [2.05, 4.69) is 51.6 Å². The molecule has 2 heterocycles. The van der Waals surface area contributed by atoms with Crippen molar-refractivity contribution in [1.29, 1.82) is 0 Å². The fourth-order valence-electron chi connectivity index (χ4n) is 3.83. The van der Waals surface area contributed by atoms with Gasteiger partial charge in [0.15, 0.2) is 5.82 Å². The maximum Gasteiger partial charge on any atom is 0.254 e. The van der Waals surface area contributed by atoms with Gasteiger partial charge in [0, 0.05) is 32.6 Å². The molecule has 0 unspecified atom stereocenters. The highest BCUT2D eigenvalue weighted by atomic mass is 19.1. The summed E-state index contributed by atoms with van der Waals surface area (Å²) < 4.78 is 29.4. The number of amides is 1. The second kappa shape index (κ2) is 8.93. The first-order valence-electron chi connectivity index (χ1n) is 10.4. The smallest absolute Gasteiger partial charge is 0.254 e. The molecule has 1 atom stereocenters. The van der Waals surface area contributed by atoms with Crippen LogP contribution in [0.25, 0.3) is 0 Å². The molecule has 0 aliphatic carbocycles. The highest BCUT2D eigenvalue weighted by Gasteiger charge is 2.24. The number of benzene rings is 2. The Kier molecular flexibility index (Phi) is 6.08. The second-order valence-electron chi connectivity index (χ2n) is 7.96. The average molecular weight is 425 g/mol. The summed E-state index contributed by atoms with van der Waals surface area (Å²) in [6, 6.07) is 10.9. The zero-order valence-corrected chi connectivity index (χ0v) is 17.6. The van der Waals surface area contributed by atoms with Gasteiger partial charge in [0.25, 0.3) is 5.91 Å². The molecular formula is C23H25F2N5O. The van der Waals surface area contributed by atoms with E-state index in [4.69, 9.17) is 0 Å². The fourth-order valence-corrected chi connectivity index (χ4v) is 3.83. The lowest BCUT2D eigenvalue weighted by Crippen LogP contribution is -2.30. The minimum absolute atomic E-state index is 0.327. The van der Waals surface area contributed by atoms with E-state index >= 15 is 0 Å². The molecular weight excluding hydrogens is 400 g/mol. The molecule has 2 aromatic carbocycles. The first-order valence-corrected chi connectivity index (χ1v) is 10.4. The number of hydrogen-bond donors (Lipinski definition) is 1. The van der Waals surface area contributed by atoms with Gasteiger partial charge in [-0.2, -0.15) is 0 Å². The van der Waals surface area contributed by atoms with Gasteiger partial charge in [-0.25, -0.2) is 8.78 Å². The molecule has 1 aliphatic rings. The fraction of sp³-hybridized carbons (Fsp3) is 0.348. The number of aryl methyl sites for hydroxylation is 1. The van der Waals surface area contributed by atoms with Crippen LogP contribution in [0.3, 0.4) is 0 Å². The average Bonchev–Trinajstić information content (AvgIpc) is 3.06. The number of nitrogens with one attached hydrogen (secondary N) is 1. The van der Waals surface area contributed by atoms with Gasteiger partial charge in [-0.05, 0) is 37.6 Å². The maximum absolute atomic E-state index is 13.9. The third kappa shape index (κ3) is 4.80. The molecule has 0 saturated heterocycles. The summed E-state index contributed by atoms with van der Waals surface area (Å²) in [5.74, 6) is -0.643. The number of aromatic nitrogens is 3. The zero-order valence-electron chi connectivity index (χ0n) is 17.6. The predicted octanol–water partition coefficient (Wildman–Crippen LogP) is 3.41. The molecule has 0 fully saturated rings. The third-order valence-electron chi connectivity index (χ3n) is 5.58. The summed E-state index contributed by atoms with van der Waals surface area (Å²) in [7, 11) is 0. The van der Waals surface area contributed by atoms with Gasteiger partial charge in [0.1, 0.15) is 17.5 Å². The van der Waals surface area contributed by atoms with E-state index in [-0.39, 0.29) is 5.56 Å². The summed E-state index contributed by atoms with van der Waals surface area (Å²) in [4.78, 5) is 14.8. The van der Waals surface area contributed by atoms with E-state index in [9.17, 15) is 13.6 Å². The Morgan fingerprint density at radius 1 is 1.10 bits per heavy atom. The monoisotopic (exact) mass is 425 g/mol. The first-order chi connectivity index (χ1) is 14.9. The number of halogens is 2. The van der Waals surface area contributed by atoms with Gasteiger partial charge in [-0.15, -0.1) is 10.2 Å². The standard InChI is InChI=1S/C23H25F2N5O/c1-15-3-5-17(6-4-15)14-29-10-9-21-27-28-22(30(21)12-11-29)16(2)26-23(31)19-13-18(24)7-8-20(19)25/h3-8,13,16H,9-12,14H2,1-2H3,(H,26,31)/t16-/m0/s1. The number of carbonyl (C=O) groups excluding carboxylic acids is 1. The van der Waals surface area contributed by atoms with Crippen LogP contribution in [0.15, 0.2) is 42.5 Å². The molecule has 0 spiro atoms. The largest absolute Gasteiger partial charge is 0.342 e. The number of fused-ring (bicyclic) bond motifs is 1. The summed E-state index contributed by atoms with van der Waals surface area (Å²) in [5.41, 5.74) is 2.18. The Morgan fingerprint density at radius 2 is 1.87 bits per heavy atom. The van der Waals surface area contributed by atoms with Gasteiger partial charge < -0.3 is 9.88 Å². The number of nitrogens with zero attached hydrogens (tertiary/aromatic N) is 4. The van der Waals surface area contributed by atoms with Crippen molar-refractivity contribution in [3.8, 4) is 0 Å². The van der Waals surface area contributed by atoms with Crippen LogP contribution in [0.4, 0.5) is 8.78 Å². The van der Waals surface area contributed by atoms with Crippen molar-refractivity contribution in [2.45, 2.75) is 39.4 Å². The Hall–Kier alpha value is -3.13. The molecule has 1 aliphatic heterocycles. The van der Waals surface area contributed by atoms with Gasteiger partial charge in [0.05, 0.1) is 11.6 Å². The molecule has 31 heavy (non-hydrogen) atoms. The van der Waals surface area contributed by atoms with Gasteiger partial charge in [0.2, 0.25) is 0 Å². The van der Waals surface area contributed by atoms with Crippen molar-refractivity contribution in [3.63, 3.8) is 0 Å². The highest BCUT2D eigenvalue weighted by molar-refractivity contribution is 5.94. The van der Waals surface area contributed by atoms with Gasteiger partial charge in [-0.3, -0.25) is 9.69 Å². The van der Waals surface area contributed by atoms with Gasteiger partial charge >= 0.3 is 0 Å². The molecule has 4 rings (SSSR count). The van der Waals surface area contributed by atoms with Crippen molar-refractivity contribution in [1.82, 2.24) is 25.0 Å². The quantitative estimate of drug-likeness (QED) is 0.681. The topological polar surface area (TPSA) is 63.1 Å². The molecule has 0 saturated carbocycles. The Bertz CT molecular complexity index is 1080. The minimum atomic E-state index is -0.766. The van der Waals surface area contributed by atoms with Crippen LogP contribution in [0.2, 0.25) is 0 Å². The van der Waals surface area contributed by atoms with Crippen LogP contribution in [-0.2, 0) is 19.5 Å². The molecule has 0 bridgehead atoms. The third-order valence-corrected chi connectivity index (χ3v) is 5.58. The van der Waals surface area contributed by atoms with Gasteiger partial charge in [-0.1, -0.05) is 29.8 Å². The lowest BCUT2D eigenvalue weighted by atomic mass is 10.1. The summed E-state index contributed by atoms with van der Waals surface area (Å²) in [5, 5.41) is 11.3. The Labute approximate surface area is 179 Å². The Morgan fingerprint density at radius 3 is 2.65 bits per heavy atom. The van der Waals surface area contributed by atoms with Crippen molar-refractivity contribution in [2.24, 2.45) is 0 Å². The van der Waals surface area contributed by atoms with E-state index < -0.39 is 23.6 Å².